The van der Waals surface area contributed by atoms with Crippen molar-refractivity contribution in [3.63, 3.8) is 0 Å². The molecule has 0 fully saturated rings. The van der Waals surface area contributed by atoms with E-state index >= 15 is 0 Å². The maximum Gasteiger partial charge on any atom is 0.383 e. The molecule has 0 aromatic heterocycles. The first kappa shape index (κ1) is 15.1. The van der Waals surface area contributed by atoms with E-state index in [9.17, 15) is 22.4 Å². The van der Waals surface area contributed by atoms with Crippen LogP contribution in [0.4, 0.5) is 17.6 Å². The summed E-state index contributed by atoms with van der Waals surface area (Å²) < 4.78 is 48.1. The SMILES string of the molecule is CC(O)CNCCNC(=O)C(F)(F)C(F)F. The molecule has 0 saturated carbocycles. The van der Waals surface area contributed by atoms with Gasteiger partial charge in [-0.05, 0) is 6.92 Å². The van der Waals surface area contributed by atoms with E-state index in [4.69, 9.17) is 5.11 Å². The van der Waals surface area contributed by atoms with Gasteiger partial charge in [0.2, 0.25) is 0 Å². The Balaban J connectivity index is 3.74. The van der Waals surface area contributed by atoms with Gasteiger partial charge in [0, 0.05) is 19.6 Å². The van der Waals surface area contributed by atoms with Crippen molar-refractivity contribution in [2.24, 2.45) is 0 Å². The Hall–Kier alpha value is -0.890. The first-order valence-electron chi connectivity index (χ1n) is 4.61. The average molecular weight is 246 g/mol. The molecule has 0 rings (SSSR count). The lowest BCUT2D eigenvalue weighted by atomic mass is 10.3. The Morgan fingerprint density at radius 3 is 2.38 bits per heavy atom. The number of amides is 1. The Morgan fingerprint density at radius 1 is 1.38 bits per heavy atom. The molecule has 0 aromatic rings. The number of hydrogen-bond acceptors (Lipinski definition) is 3. The summed E-state index contributed by atoms with van der Waals surface area (Å²) in [5.74, 6) is -6.66. The summed E-state index contributed by atoms with van der Waals surface area (Å²) in [4.78, 5) is 10.6. The third-order valence-electron chi connectivity index (χ3n) is 1.60. The number of alkyl halides is 4. The zero-order valence-corrected chi connectivity index (χ0v) is 8.64. The molecule has 0 aliphatic carbocycles. The van der Waals surface area contributed by atoms with Crippen LogP contribution in [0.15, 0.2) is 0 Å². The zero-order chi connectivity index (χ0) is 12.8. The molecule has 0 saturated heterocycles. The van der Waals surface area contributed by atoms with Crippen LogP contribution in [0.25, 0.3) is 0 Å². The lowest BCUT2D eigenvalue weighted by Crippen LogP contribution is -2.47. The fourth-order valence-corrected chi connectivity index (χ4v) is 0.792. The van der Waals surface area contributed by atoms with Crippen molar-refractivity contribution in [2.45, 2.75) is 25.4 Å². The second-order valence-corrected chi connectivity index (χ2v) is 3.23. The summed E-state index contributed by atoms with van der Waals surface area (Å²) in [5.41, 5.74) is 0. The Kier molecular flexibility index (Phi) is 6.27. The Labute approximate surface area is 90.0 Å². The van der Waals surface area contributed by atoms with Gasteiger partial charge in [-0.25, -0.2) is 8.78 Å². The highest BCUT2D eigenvalue weighted by Gasteiger charge is 2.48. The fourth-order valence-electron chi connectivity index (χ4n) is 0.792. The van der Waals surface area contributed by atoms with Crippen molar-refractivity contribution in [2.75, 3.05) is 19.6 Å². The average Bonchev–Trinajstić information content (AvgIpc) is 2.16. The minimum absolute atomic E-state index is 0.107. The molecule has 1 amide bonds. The molecular weight excluding hydrogens is 232 g/mol. The number of rotatable bonds is 7. The van der Waals surface area contributed by atoms with Gasteiger partial charge in [-0.3, -0.25) is 4.79 Å². The van der Waals surface area contributed by atoms with Crippen molar-refractivity contribution < 1.29 is 27.5 Å². The van der Waals surface area contributed by atoms with E-state index in [0.29, 0.717) is 0 Å². The molecule has 0 aromatic carbocycles. The van der Waals surface area contributed by atoms with Crippen molar-refractivity contribution in [3.8, 4) is 0 Å². The summed E-state index contributed by atoms with van der Waals surface area (Å²) in [7, 11) is 0. The molecule has 4 nitrogen and oxygen atoms in total. The summed E-state index contributed by atoms with van der Waals surface area (Å²) in [6.07, 6.45) is -4.63. The van der Waals surface area contributed by atoms with Crippen LogP contribution in [0, 0.1) is 0 Å². The standard InChI is InChI=1S/C8H14F4N2O2/c1-5(15)4-13-2-3-14-7(16)8(11,12)6(9)10/h5-6,13,15H,2-4H2,1H3,(H,14,16). The monoisotopic (exact) mass is 246 g/mol. The van der Waals surface area contributed by atoms with Crippen LogP contribution >= 0.6 is 0 Å². The van der Waals surface area contributed by atoms with Gasteiger partial charge < -0.3 is 15.7 Å². The minimum Gasteiger partial charge on any atom is -0.392 e. The normalized spacial score (nSPS) is 13.9. The van der Waals surface area contributed by atoms with Crippen LogP contribution in [-0.4, -0.2) is 49.1 Å². The Morgan fingerprint density at radius 2 is 1.94 bits per heavy atom. The largest absolute Gasteiger partial charge is 0.392 e. The number of aliphatic hydroxyl groups is 1. The third-order valence-corrected chi connectivity index (χ3v) is 1.60. The molecule has 0 aliphatic heterocycles. The van der Waals surface area contributed by atoms with Gasteiger partial charge in [-0.2, -0.15) is 8.78 Å². The molecule has 3 N–H and O–H groups in total. The van der Waals surface area contributed by atoms with Crippen LogP contribution in [0.2, 0.25) is 0 Å². The summed E-state index contributed by atoms with van der Waals surface area (Å²) >= 11 is 0. The first-order valence-corrected chi connectivity index (χ1v) is 4.61. The molecule has 0 aliphatic rings. The van der Waals surface area contributed by atoms with Gasteiger partial charge >= 0.3 is 12.3 Å². The smallest absolute Gasteiger partial charge is 0.383 e. The predicted octanol–water partition coefficient (Wildman–Crippen LogP) is -0.0266. The second-order valence-electron chi connectivity index (χ2n) is 3.23. The molecule has 0 radical (unpaired) electrons. The molecule has 96 valence electrons. The first-order chi connectivity index (χ1) is 7.28. The molecule has 0 spiro atoms. The number of hydrogen-bond donors (Lipinski definition) is 3. The van der Waals surface area contributed by atoms with E-state index < -0.39 is 24.4 Å². The zero-order valence-electron chi connectivity index (χ0n) is 8.64. The van der Waals surface area contributed by atoms with Crippen LogP contribution in [0.5, 0.6) is 0 Å². The highest BCUT2D eigenvalue weighted by molar-refractivity contribution is 5.83. The second kappa shape index (κ2) is 6.64. The highest BCUT2D eigenvalue weighted by atomic mass is 19.3. The van der Waals surface area contributed by atoms with Crippen LogP contribution in [0.3, 0.4) is 0 Å². The number of nitrogens with one attached hydrogen (secondary N) is 2. The van der Waals surface area contributed by atoms with Crippen molar-refractivity contribution in [3.05, 3.63) is 0 Å². The molecular formula is C8H14F4N2O2. The van der Waals surface area contributed by atoms with Gasteiger partial charge in [0.05, 0.1) is 6.10 Å². The van der Waals surface area contributed by atoms with Gasteiger partial charge in [-0.1, -0.05) is 0 Å². The highest BCUT2D eigenvalue weighted by Crippen LogP contribution is 2.22. The van der Waals surface area contributed by atoms with Gasteiger partial charge in [0.1, 0.15) is 0 Å². The lowest BCUT2D eigenvalue weighted by molar-refractivity contribution is -0.169. The van der Waals surface area contributed by atoms with E-state index in [-0.39, 0.29) is 19.6 Å². The van der Waals surface area contributed by atoms with Crippen LogP contribution in [-0.2, 0) is 4.79 Å². The third kappa shape index (κ3) is 5.26. The number of carbonyl (C=O) groups excluding carboxylic acids is 1. The summed E-state index contributed by atoms with van der Waals surface area (Å²) in [5, 5.41) is 13.1. The minimum atomic E-state index is -4.66. The predicted molar refractivity (Wildman–Crippen MR) is 48.5 cm³/mol. The fraction of sp³-hybridized carbons (Fsp3) is 0.875. The maximum absolute atomic E-state index is 12.4. The maximum atomic E-state index is 12.4. The Bertz CT molecular complexity index is 224. The van der Waals surface area contributed by atoms with Crippen molar-refractivity contribution in [1.82, 2.24) is 10.6 Å². The van der Waals surface area contributed by atoms with Gasteiger partial charge in [0.25, 0.3) is 5.91 Å². The summed E-state index contributed by atoms with van der Waals surface area (Å²) in [6.45, 7) is 1.63. The number of carbonyl (C=O) groups is 1. The molecule has 16 heavy (non-hydrogen) atoms. The molecule has 8 heteroatoms. The van der Waals surface area contributed by atoms with E-state index in [1.54, 1.807) is 5.32 Å². The van der Waals surface area contributed by atoms with E-state index in [0.717, 1.165) is 0 Å². The van der Waals surface area contributed by atoms with Crippen LogP contribution < -0.4 is 10.6 Å². The number of halogens is 4. The summed E-state index contributed by atoms with van der Waals surface area (Å²) in [6, 6.07) is 0. The number of aliphatic hydroxyl groups excluding tert-OH is 1. The van der Waals surface area contributed by atoms with Gasteiger partial charge in [0.15, 0.2) is 0 Å². The topological polar surface area (TPSA) is 61.4 Å². The van der Waals surface area contributed by atoms with Gasteiger partial charge in [-0.15, -0.1) is 0 Å². The van der Waals surface area contributed by atoms with Crippen molar-refractivity contribution >= 4 is 5.91 Å². The molecule has 1 unspecified atom stereocenters. The molecule has 1 atom stereocenters. The van der Waals surface area contributed by atoms with E-state index in [1.165, 1.54) is 6.92 Å². The van der Waals surface area contributed by atoms with Crippen molar-refractivity contribution in [1.29, 1.82) is 0 Å². The van der Waals surface area contributed by atoms with Crippen LogP contribution in [0.1, 0.15) is 6.92 Å². The van der Waals surface area contributed by atoms with E-state index in [1.807, 2.05) is 0 Å². The molecule has 0 bridgehead atoms. The lowest BCUT2D eigenvalue weighted by Gasteiger charge is -2.15. The van der Waals surface area contributed by atoms with E-state index in [2.05, 4.69) is 5.32 Å². The quantitative estimate of drug-likeness (QED) is 0.437. The molecule has 0 heterocycles.